The average molecular weight is 234 g/mol. The van der Waals surface area contributed by atoms with Crippen LogP contribution in [0.5, 0.6) is 0 Å². The third kappa shape index (κ3) is 2.74. The molecule has 0 amide bonds. The van der Waals surface area contributed by atoms with Crippen molar-refractivity contribution in [1.29, 1.82) is 0 Å². The van der Waals surface area contributed by atoms with Gasteiger partial charge in [0, 0.05) is 0 Å². The molecule has 1 aromatic rings. The van der Waals surface area contributed by atoms with Crippen LogP contribution in [0.3, 0.4) is 0 Å². The highest BCUT2D eigenvalue weighted by atomic mass is 19.4. The molecule has 0 spiro atoms. The lowest BCUT2D eigenvalue weighted by Gasteiger charge is -2.18. The molecule has 16 heavy (non-hydrogen) atoms. The maximum atomic E-state index is 13.4. The van der Waals surface area contributed by atoms with E-state index in [1.807, 2.05) is 13.8 Å². The summed E-state index contributed by atoms with van der Waals surface area (Å²) in [4.78, 5) is 0. The number of benzene rings is 1. The van der Waals surface area contributed by atoms with Crippen molar-refractivity contribution in [2.24, 2.45) is 5.92 Å². The molecule has 0 radical (unpaired) electrons. The topological polar surface area (TPSA) is 0 Å². The van der Waals surface area contributed by atoms with E-state index in [0.717, 1.165) is 18.2 Å². The molecule has 1 aromatic carbocycles. The SMILES string of the molecule is CC(C)C(C)c1cc(C(F)(F)F)ccc1F. The average Bonchev–Trinajstić information content (AvgIpc) is 2.15. The van der Waals surface area contributed by atoms with E-state index in [4.69, 9.17) is 0 Å². The smallest absolute Gasteiger partial charge is 0.207 e. The largest absolute Gasteiger partial charge is 0.416 e. The van der Waals surface area contributed by atoms with E-state index in [9.17, 15) is 17.6 Å². The Morgan fingerprint density at radius 2 is 1.62 bits per heavy atom. The molecule has 0 bridgehead atoms. The predicted octanol–water partition coefficient (Wildman–Crippen LogP) is 4.60. The molecule has 0 N–H and O–H groups in total. The molecule has 0 aliphatic rings. The Morgan fingerprint density at radius 3 is 2.06 bits per heavy atom. The highest BCUT2D eigenvalue weighted by Gasteiger charge is 2.31. The Labute approximate surface area is 92.3 Å². The van der Waals surface area contributed by atoms with Gasteiger partial charge in [-0.3, -0.25) is 0 Å². The molecular formula is C12H14F4. The van der Waals surface area contributed by atoms with Crippen molar-refractivity contribution in [3.63, 3.8) is 0 Å². The number of halogens is 4. The summed E-state index contributed by atoms with van der Waals surface area (Å²) in [6.45, 7) is 5.43. The first-order valence-corrected chi connectivity index (χ1v) is 5.10. The van der Waals surface area contributed by atoms with Crippen LogP contribution in [0.4, 0.5) is 17.6 Å². The lowest BCUT2D eigenvalue weighted by molar-refractivity contribution is -0.137. The summed E-state index contributed by atoms with van der Waals surface area (Å²) in [6, 6.07) is 2.56. The summed E-state index contributed by atoms with van der Waals surface area (Å²) < 4.78 is 50.7. The van der Waals surface area contributed by atoms with E-state index < -0.39 is 17.6 Å². The number of hydrogen-bond acceptors (Lipinski definition) is 0. The standard InChI is InChI=1S/C12H14F4/c1-7(2)8(3)10-6-9(12(14,15)16)4-5-11(10)13/h4-8H,1-3H3. The van der Waals surface area contributed by atoms with E-state index in [0.29, 0.717) is 0 Å². The Morgan fingerprint density at radius 1 is 1.06 bits per heavy atom. The van der Waals surface area contributed by atoms with Crippen molar-refractivity contribution in [1.82, 2.24) is 0 Å². The number of rotatable bonds is 2. The molecule has 4 heteroatoms. The maximum absolute atomic E-state index is 13.4. The maximum Gasteiger partial charge on any atom is 0.416 e. The van der Waals surface area contributed by atoms with Gasteiger partial charge in [0.2, 0.25) is 0 Å². The minimum atomic E-state index is -4.42. The molecule has 0 aliphatic heterocycles. The Kier molecular flexibility index (Phi) is 3.61. The van der Waals surface area contributed by atoms with Crippen LogP contribution in [-0.2, 0) is 6.18 Å². The van der Waals surface area contributed by atoms with Gasteiger partial charge in [0.1, 0.15) is 5.82 Å². The van der Waals surface area contributed by atoms with Crippen LogP contribution in [0.15, 0.2) is 18.2 Å². The molecule has 1 atom stereocenters. The molecule has 0 saturated heterocycles. The van der Waals surface area contributed by atoms with Crippen molar-refractivity contribution < 1.29 is 17.6 Å². The van der Waals surface area contributed by atoms with Gasteiger partial charge in [0.05, 0.1) is 5.56 Å². The molecule has 1 rings (SSSR count). The second-order valence-electron chi connectivity index (χ2n) is 4.27. The number of alkyl halides is 3. The Bertz CT molecular complexity index is 366. The van der Waals surface area contributed by atoms with Crippen molar-refractivity contribution in [3.05, 3.63) is 35.1 Å². The third-order valence-corrected chi connectivity index (χ3v) is 2.81. The monoisotopic (exact) mass is 234 g/mol. The van der Waals surface area contributed by atoms with Crippen LogP contribution in [-0.4, -0.2) is 0 Å². The molecule has 0 heterocycles. The number of hydrogen-bond donors (Lipinski definition) is 0. The third-order valence-electron chi connectivity index (χ3n) is 2.81. The van der Waals surface area contributed by atoms with Gasteiger partial charge in [0.15, 0.2) is 0 Å². The highest BCUT2D eigenvalue weighted by molar-refractivity contribution is 5.29. The van der Waals surface area contributed by atoms with Gasteiger partial charge in [-0.05, 0) is 35.6 Å². The molecule has 0 aromatic heterocycles. The molecule has 0 aliphatic carbocycles. The van der Waals surface area contributed by atoms with E-state index in [2.05, 4.69) is 0 Å². The highest BCUT2D eigenvalue weighted by Crippen LogP contribution is 2.33. The van der Waals surface area contributed by atoms with Crippen LogP contribution >= 0.6 is 0 Å². The van der Waals surface area contributed by atoms with Gasteiger partial charge in [0.25, 0.3) is 0 Å². The van der Waals surface area contributed by atoms with E-state index >= 15 is 0 Å². The van der Waals surface area contributed by atoms with Crippen molar-refractivity contribution in [2.75, 3.05) is 0 Å². The summed E-state index contributed by atoms with van der Waals surface area (Å²) in [6.07, 6.45) is -4.42. The fraction of sp³-hybridized carbons (Fsp3) is 0.500. The lowest BCUT2D eigenvalue weighted by Crippen LogP contribution is -2.10. The predicted molar refractivity (Wildman–Crippen MR) is 54.7 cm³/mol. The zero-order chi connectivity index (χ0) is 12.5. The van der Waals surface area contributed by atoms with Crippen LogP contribution in [0.2, 0.25) is 0 Å². The van der Waals surface area contributed by atoms with Crippen LogP contribution < -0.4 is 0 Å². The summed E-state index contributed by atoms with van der Waals surface area (Å²) in [5, 5.41) is 0. The second-order valence-corrected chi connectivity index (χ2v) is 4.27. The minimum absolute atomic E-state index is 0.0954. The van der Waals surface area contributed by atoms with Gasteiger partial charge in [-0.25, -0.2) is 4.39 Å². The summed E-state index contributed by atoms with van der Waals surface area (Å²) >= 11 is 0. The fourth-order valence-corrected chi connectivity index (χ4v) is 1.43. The first-order valence-electron chi connectivity index (χ1n) is 5.10. The zero-order valence-electron chi connectivity index (χ0n) is 9.40. The molecule has 90 valence electrons. The molecule has 0 nitrogen and oxygen atoms in total. The Balaban J connectivity index is 3.19. The quantitative estimate of drug-likeness (QED) is 0.656. The van der Waals surface area contributed by atoms with Gasteiger partial charge in [-0.2, -0.15) is 13.2 Å². The lowest BCUT2D eigenvalue weighted by atomic mass is 9.89. The normalized spacial score (nSPS) is 14.2. The van der Waals surface area contributed by atoms with Gasteiger partial charge in [-0.15, -0.1) is 0 Å². The fourth-order valence-electron chi connectivity index (χ4n) is 1.43. The van der Waals surface area contributed by atoms with E-state index in [1.165, 1.54) is 0 Å². The Hall–Kier alpha value is -1.06. The van der Waals surface area contributed by atoms with Gasteiger partial charge < -0.3 is 0 Å². The van der Waals surface area contributed by atoms with E-state index in [-0.39, 0.29) is 17.4 Å². The van der Waals surface area contributed by atoms with Crippen LogP contribution in [0, 0.1) is 11.7 Å². The molecular weight excluding hydrogens is 220 g/mol. The molecule has 1 unspecified atom stereocenters. The van der Waals surface area contributed by atoms with Crippen molar-refractivity contribution in [3.8, 4) is 0 Å². The summed E-state index contributed by atoms with van der Waals surface area (Å²) in [5.74, 6) is -0.713. The van der Waals surface area contributed by atoms with E-state index in [1.54, 1.807) is 6.92 Å². The van der Waals surface area contributed by atoms with Crippen molar-refractivity contribution >= 4 is 0 Å². The minimum Gasteiger partial charge on any atom is -0.207 e. The van der Waals surface area contributed by atoms with Crippen LogP contribution in [0.25, 0.3) is 0 Å². The summed E-state index contributed by atoms with van der Waals surface area (Å²) in [5.41, 5.74) is -0.666. The van der Waals surface area contributed by atoms with Gasteiger partial charge in [-0.1, -0.05) is 20.8 Å². The van der Waals surface area contributed by atoms with Crippen LogP contribution in [0.1, 0.15) is 37.8 Å². The van der Waals surface area contributed by atoms with Crippen molar-refractivity contribution in [2.45, 2.75) is 32.9 Å². The molecule has 0 fully saturated rings. The first kappa shape index (κ1) is 13.0. The zero-order valence-corrected chi connectivity index (χ0v) is 9.40. The van der Waals surface area contributed by atoms with Gasteiger partial charge >= 0.3 is 6.18 Å². The second kappa shape index (κ2) is 4.44. The summed E-state index contributed by atoms with van der Waals surface area (Å²) in [7, 11) is 0. The first-order chi connectivity index (χ1) is 7.23. The molecule has 0 saturated carbocycles.